The third-order valence-corrected chi connectivity index (χ3v) is 5.89. The molecule has 0 radical (unpaired) electrons. The van der Waals surface area contributed by atoms with Crippen molar-refractivity contribution in [3.8, 4) is 11.5 Å². The van der Waals surface area contributed by atoms with Gasteiger partial charge in [0.25, 0.3) is 16.0 Å². The minimum Gasteiger partial charge on any atom is -0.457 e. The van der Waals surface area contributed by atoms with Gasteiger partial charge >= 0.3 is 0 Å². The number of hydrogen-bond acceptors (Lipinski definition) is 6. The SMILES string of the molecule is CN1C(=O)C(c2ccc(CS(=O)(=O)O)cc2)(c2cccc(Oc3ccccc3)c2)N=C1N.Cl. The van der Waals surface area contributed by atoms with Gasteiger partial charge in [0.05, 0.1) is 0 Å². The molecule has 3 aromatic carbocycles. The number of aliphatic imine (C=N–C) groups is 1. The number of nitrogens with zero attached hydrogens (tertiary/aromatic N) is 2. The van der Waals surface area contributed by atoms with Crippen LogP contribution in [0.25, 0.3) is 0 Å². The van der Waals surface area contributed by atoms with E-state index in [0.717, 1.165) is 0 Å². The molecule has 0 fully saturated rings. The zero-order chi connectivity index (χ0) is 22.9. The second kappa shape index (κ2) is 9.22. The van der Waals surface area contributed by atoms with E-state index in [9.17, 15) is 13.2 Å². The molecular weight excluding hydrogens is 466 g/mol. The number of para-hydroxylation sites is 1. The largest absolute Gasteiger partial charge is 0.457 e. The second-order valence-corrected chi connectivity index (χ2v) is 8.86. The lowest BCUT2D eigenvalue weighted by Gasteiger charge is -2.26. The van der Waals surface area contributed by atoms with Crippen molar-refractivity contribution in [3.63, 3.8) is 0 Å². The van der Waals surface area contributed by atoms with Crippen molar-refractivity contribution < 1.29 is 22.5 Å². The molecule has 1 heterocycles. The molecule has 3 N–H and O–H groups in total. The molecule has 33 heavy (non-hydrogen) atoms. The number of hydrogen-bond donors (Lipinski definition) is 2. The lowest BCUT2D eigenvalue weighted by Crippen LogP contribution is -2.41. The Hall–Kier alpha value is -3.40. The summed E-state index contributed by atoms with van der Waals surface area (Å²) in [5.41, 5.74) is 5.98. The average Bonchev–Trinajstić information content (AvgIpc) is 2.99. The standard InChI is InChI=1S/C23H21N3O5S.ClH/c1-26-21(27)23(25-22(26)24,17-12-10-16(11-13-17)15-32(28,29)30)18-6-5-9-20(14-18)31-19-7-3-2-4-8-19;/h2-14H,15H2,1H3,(H2,24,25)(H,28,29,30);1H. The fraction of sp³-hybridized carbons (Fsp3) is 0.130. The molecule has 172 valence electrons. The highest BCUT2D eigenvalue weighted by Crippen LogP contribution is 2.40. The van der Waals surface area contributed by atoms with Gasteiger partial charge in [0.1, 0.15) is 17.3 Å². The summed E-state index contributed by atoms with van der Waals surface area (Å²) in [6.45, 7) is 0. The van der Waals surface area contributed by atoms with Gasteiger partial charge in [-0.2, -0.15) is 8.42 Å². The molecule has 0 spiro atoms. The van der Waals surface area contributed by atoms with Gasteiger partial charge in [-0.05, 0) is 41.0 Å². The average molecular weight is 488 g/mol. The highest BCUT2D eigenvalue weighted by atomic mass is 35.5. The van der Waals surface area contributed by atoms with E-state index in [1.165, 1.54) is 17.0 Å². The number of carbonyl (C=O) groups excluding carboxylic acids is 1. The van der Waals surface area contributed by atoms with E-state index in [1.54, 1.807) is 43.4 Å². The van der Waals surface area contributed by atoms with Crippen molar-refractivity contribution in [2.24, 2.45) is 10.7 Å². The molecule has 8 nitrogen and oxygen atoms in total. The third kappa shape index (κ3) is 4.85. The molecule has 3 aromatic rings. The fourth-order valence-electron chi connectivity index (χ4n) is 3.65. The number of halogens is 1. The number of rotatable bonds is 6. The summed E-state index contributed by atoms with van der Waals surface area (Å²) in [5.74, 6) is 0.346. The zero-order valence-electron chi connectivity index (χ0n) is 17.6. The molecule has 4 rings (SSSR count). The Morgan fingerprint density at radius 2 is 1.61 bits per heavy atom. The third-order valence-electron chi connectivity index (χ3n) is 5.19. The number of guanidine groups is 1. The summed E-state index contributed by atoms with van der Waals surface area (Å²) in [4.78, 5) is 19.2. The Bertz CT molecular complexity index is 1300. The first-order valence-corrected chi connectivity index (χ1v) is 11.3. The van der Waals surface area contributed by atoms with Crippen LogP contribution < -0.4 is 10.5 Å². The van der Waals surface area contributed by atoms with E-state index < -0.39 is 21.4 Å². The lowest BCUT2D eigenvalue weighted by atomic mass is 9.82. The smallest absolute Gasteiger partial charge is 0.269 e. The number of nitrogens with two attached hydrogens (primary N) is 1. The van der Waals surface area contributed by atoms with E-state index >= 15 is 0 Å². The molecular formula is C23H22ClN3O5S. The predicted octanol–water partition coefficient (Wildman–Crippen LogP) is 3.32. The van der Waals surface area contributed by atoms with Gasteiger partial charge in [-0.3, -0.25) is 14.2 Å². The summed E-state index contributed by atoms with van der Waals surface area (Å²) in [7, 11) is -2.64. The van der Waals surface area contributed by atoms with Crippen LogP contribution >= 0.6 is 12.4 Å². The second-order valence-electron chi connectivity index (χ2n) is 7.41. The summed E-state index contributed by atoms with van der Waals surface area (Å²) in [6.07, 6.45) is 0. The molecule has 1 amide bonds. The Kier molecular flexibility index (Phi) is 6.78. The number of likely N-dealkylation sites (N-methyl/N-ethyl adjacent to an activating group) is 1. The minimum atomic E-state index is -4.18. The summed E-state index contributed by atoms with van der Waals surface area (Å²) in [5, 5.41) is 0. The van der Waals surface area contributed by atoms with Gasteiger partial charge in [0.2, 0.25) is 0 Å². The number of ether oxygens (including phenoxy) is 1. The maximum atomic E-state index is 13.4. The molecule has 0 saturated heterocycles. The van der Waals surface area contributed by atoms with Crippen LogP contribution in [0.1, 0.15) is 16.7 Å². The first-order valence-electron chi connectivity index (χ1n) is 9.70. The van der Waals surface area contributed by atoms with Crippen molar-refractivity contribution in [1.82, 2.24) is 4.90 Å². The van der Waals surface area contributed by atoms with Crippen molar-refractivity contribution in [2.45, 2.75) is 11.3 Å². The van der Waals surface area contributed by atoms with Gasteiger partial charge in [0.15, 0.2) is 11.5 Å². The number of carbonyl (C=O) groups is 1. The van der Waals surface area contributed by atoms with Crippen LogP contribution in [0.4, 0.5) is 0 Å². The van der Waals surface area contributed by atoms with Crippen LogP contribution in [0.3, 0.4) is 0 Å². The molecule has 0 bridgehead atoms. The molecule has 10 heteroatoms. The van der Waals surface area contributed by atoms with Crippen LogP contribution in [0.2, 0.25) is 0 Å². The van der Waals surface area contributed by atoms with Crippen LogP contribution in [0.15, 0.2) is 83.9 Å². The fourth-order valence-corrected chi connectivity index (χ4v) is 4.26. The Balaban J connectivity index is 0.00000306. The molecule has 0 aliphatic carbocycles. The first kappa shape index (κ1) is 24.2. The minimum absolute atomic E-state index is 0. The Morgan fingerprint density at radius 3 is 2.18 bits per heavy atom. The molecule has 1 aliphatic rings. The van der Waals surface area contributed by atoms with Gasteiger partial charge in [0, 0.05) is 7.05 Å². The van der Waals surface area contributed by atoms with Crippen molar-refractivity contribution in [1.29, 1.82) is 0 Å². The van der Waals surface area contributed by atoms with Crippen molar-refractivity contribution in [3.05, 3.63) is 95.6 Å². The van der Waals surface area contributed by atoms with Crippen molar-refractivity contribution >= 4 is 34.4 Å². The normalized spacial score (nSPS) is 17.9. The van der Waals surface area contributed by atoms with Crippen molar-refractivity contribution in [2.75, 3.05) is 7.05 Å². The van der Waals surface area contributed by atoms with E-state index in [-0.39, 0.29) is 24.3 Å². The van der Waals surface area contributed by atoms with Gasteiger partial charge in [-0.15, -0.1) is 12.4 Å². The quantitative estimate of drug-likeness (QED) is 0.514. The molecule has 0 saturated carbocycles. The first-order chi connectivity index (χ1) is 15.2. The molecule has 1 unspecified atom stereocenters. The van der Waals surface area contributed by atoms with E-state index in [2.05, 4.69) is 4.99 Å². The molecule has 0 aromatic heterocycles. The van der Waals surface area contributed by atoms with Gasteiger partial charge < -0.3 is 10.5 Å². The van der Waals surface area contributed by atoms with E-state index in [1.807, 2.05) is 30.3 Å². The van der Waals surface area contributed by atoms with Crippen LogP contribution in [-0.2, 0) is 26.2 Å². The topological polar surface area (TPSA) is 122 Å². The predicted molar refractivity (Wildman–Crippen MR) is 127 cm³/mol. The summed E-state index contributed by atoms with van der Waals surface area (Å²) in [6, 6.07) is 22.6. The monoisotopic (exact) mass is 487 g/mol. The molecule has 1 atom stereocenters. The maximum absolute atomic E-state index is 13.4. The molecule has 1 aliphatic heterocycles. The summed E-state index contributed by atoms with van der Waals surface area (Å²) < 4.78 is 37.4. The van der Waals surface area contributed by atoms with Crippen LogP contribution in [-0.4, -0.2) is 36.8 Å². The Morgan fingerprint density at radius 1 is 0.970 bits per heavy atom. The van der Waals surface area contributed by atoms with E-state index in [4.69, 9.17) is 15.0 Å². The van der Waals surface area contributed by atoms with Gasteiger partial charge in [-0.1, -0.05) is 54.6 Å². The highest BCUT2D eigenvalue weighted by Gasteiger charge is 2.49. The zero-order valence-corrected chi connectivity index (χ0v) is 19.2. The van der Waals surface area contributed by atoms with Gasteiger partial charge in [-0.25, -0.2) is 4.99 Å². The van der Waals surface area contributed by atoms with Crippen LogP contribution in [0, 0.1) is 0 Å². The van der Waals surface area contributed by atoms with E-state index in [0.29, 0.717) is 28.2 Å². The number of amides is 1. The lowest BCUT2D eigenvalue weighted by molar-refractivity contribution is -0.129. The number of benzene rings is 3. The van der Waals surface area contributed by atoms with Crippen LogP contribution in [0.5, 0.6) is 11.5 Å². The Labute approximate surface area is 197 Å². The summed E-state index contributed by atoms with van der Waals surface area (Å²) >= 11 is 0. The maximum Gasteiger partial charge on any atom is 0.269 e. The highest BCUT2D eigenvalue weighted by molar-refractivity contribution is 7.85.